The second-order valence-electron chi connectivity index (χ2n) is 3.49. The van der Waals surface area contributed by atoms with Crippen molar-refractivity contribution in [3.05, 3.63) is 0 Å². The molecule has 2 atom stereocenters. The van der Waals surface area contributed by atoms with Crippen LogP contribution in [0.2, 0.25) is 0 Å². The third-order valence-electron chi connectivity index (χ3n) is 2.82. The molecule has 2 rings (SSSR count). The van der Waals surface area contributed by atoms with Gasteiger partial charge < -0.3 is 0 Å². The van der Waals surface area contributed by atoms with Gasteiger partial charge in [-0.3, -0.25) is 14.8 Å². The van der Waals surface area contributed by atoms with Crippen molar-refractivity contribution >= 4 is 11.8 Å². The normalized spacial score (nSPS) is 35.6. The molecule has 1 aliphatic heterocycles. The number of amides is 2. The summed E-state index contributed by atoms with van der Waals surface area (Å²) in [5.41, 5.74) is 0. The van der Waals surface area contributed by atoms with Gasteiger partial charge in [0.25, 0.3) is 11.8 Å². The molecule has 4 heteroatoms. The van der Waals surface area contributed by atoms with Gasteiger partial charge in [0.1, 0.15) is 0 Å². The van der Waals surface area contributed by atoms with Crippen molar-refractivity contribution in [3.63, 3.8) is 0 Å². The molecule has 0 aromatic carbocycles. The van der Waals surface area contributed by atoms with Gasteiger partial charge in [-0.25, -0.2) is 0 Å². The standard InChI is InChI=1S/C8H11NO3/c10-7-5-3-1-2-4-6(5)8(11)9(7)12/h5-6,12H,1-4H2/t5-,6+. The fourth-order valence-electron chi connectivity index (χ4n) is 2.14. The minimum atomic E-state index is -0.398. The molecule has 2 amide bonds. The Morgan fingerprint density at radius 3 is 1.92 bits per heavy atom. The first kappa shape index (κ1) is 7.73. The van der Waals surface area contributed by atoms with E-state index in [1.54, 1.807) is 0 Å². The molecule has 0 unspecified atom stereocenters. The van der Waals surface area contributed by atoms with Crippen LogP contribution in [0.3, 0.4) is 0 Å². The number of rotatable bonds is 0. The van der Waals surface area contributed by atoms with E-state index < -0.39 is 11.8 Å². The van der Waals surface area contributed by atoms with Crippen molar-refractivity contribution in [2.45, 2.75) is 25.7 Å². The zero-order valence-corrected chi connectivity index (χ0v) is 6.69. The summed E-state index contributed by atoms with van der Waals surface area (Å²) in [4.78, 5) is 22.4. The molecule has 0 aromatic rings. The van der Waals surface area contributed by atoms with Crippen molar-refractivity contribution < 1.29 is 14.8 Å². The Hall–Kier alpha value is -0.900. The summed E-state index contributed by atoms with van der Waals surface area (Å²) in [7, 11) is 0. The number of hydroxylamine groups is 2. The van der Waals surface area contributed by atoms with Gasteiger partial charge in [0.05, 0.1) is 11.8 Å². The molecular formula is C8H11NO3. The maximum Gasteiger partial charge on any atom is 0.257 e. The van der Waals surface area contributed by atoms with Gasteiger partial charge in [-0.05, 0) is 12.8 Å². The highest BCUT2D eigenvalue weighted by molar-refractivity contribution is 6.03. The first-order valence-corrected chi connectivity index (χ1v) is 4.28. The molecule has 1 saturated carbocycles. The van der Waals surface area contributed by atoms with E-state index in [0.717, 1.165) is 25.7 Å². The lowest BCUT2D eigenvalue weighted by Gasteiger charge is -2.19. The van der Waals surface area contributed by atoms with Crippen molar-refractivity contribution in [2.75, 3.05) is 0 Å². The quantitative estimate of drug-likeness (QED) is 0.425. The first-order valence-electron chi connectivity index (χ1n) is 4.28. The molecule has 1 heterocycles. The maximum atomic E-state index is 11.2. The summed E-state index contributed by atoms with van der Waals surface area (Å²) in [6.45, 7) is 0. The van der Waals surface area contributed by atoms with E-state index in [1.807, 2.05) is 0 Å². The van der Waals surface area contributed by atoms with Crippen LogP contribution in [0.15, 0.2) is 0 Å². The second-order valence-corrected chi connectivity index (χ2v) is 3.49. The average molecular weight is 169 g/mol. The Balaban J connectivity index is 2.25. The van der Waals surface area contributed by atoms with E-state index in [9.17, 15) is 9.59 Å². The van der Waals surface area contributed by atoms with Gasteiger partial charge in [-0.1, -0.05) is 12.8 Å². The number of imide groups is 1. The largest absolute Gasteiger partial charge is 0.278 e. The zero-order valence-electron chi connectivity index (χ0n) is 6.69. The summed E-state index contributed by atoms with van der Waals surface area (Å²) in [5, 5.41) is 9.34. The summed E-state index contributed by atoms with van der Waals surface area (Å²) >= 11 is 0. The highest BCUT2D eigenvalue weighted by atomic mass is 16.5. The van der Waals surface area contributed by atoms with Crippen LogP contribution < -0.4 is 0 Å². The summed E-state index contributed by atoms with van der Waals surface area (Å²) in [6.07, 6.45) is 3.50. The van der Waals surface area contributed by atoms with E-state index in [1.165, 1.54) is 0 Å². The highest BCUT2D eigenvalue weighted by Crippen LogP contribution is 2.36. The number of nitrogens with zero attached hydrogens (tertiary/aromatic N) is 1. The molecule has 66 valence electrons. The molecule has 4 nitrogen and oxygen atoms in total. The number of fused-ring (bicyclic) bond motifs is 1. The number of carbonyl (C=O) groups is 2. The van der Waals surface area contributed by atoms with Gasteiger partial charge >= 0.3 is 0 Å². The monoisotopic (exact) mass is 169 g/mol. The van der Waals surface area contributed by atoms with Gasteiger partial charge in [0.15, 0.2) is 0 Å². The van der Waals surface area contributed by atoms with Crippen LogP contribution >= 0.6 is 0 Å². The lowest BCUT2D eigenvalue weighted by atomic mass is 9.81. The molecule has 2 fully saturated rings. The summed E-state index contributed by atoms with van der Waals surface area (Å²) in [5.74, 6) is -1.25. The SMILES string of the molecule is O=C1[C@H]2CCCC[C@H]2C(=O)N1O. The summed E-state index contributed by atoms with van der Waals surface area (Å²) in [6, 6.07) is 0. The minimum absolute atomic E-state index is 0.226. The molecule has 1 N–H and O–H groups in total. The minimum Gasteiger partial charge on any atom is -0.278 e. The predicted octanol–water partition coefficient (Wildman–Crippen LogP) is 0.551. The van der Waals surface area contributed by atoms with Gasteiger partial charge in [0.2, 0.25) is 0 Å². The zero-order chi connectivity index (χ0) is 8.72. The summed E-state index contributed by atoms with van der Waals surface area (Å²) < 4.78 is 0. The Kier molecular flexibility index (Phi) is 1.65. The van der Waals surface area contributed by atoms with E-state index in [-0.39, 0.29) is 11.8 Å². The lowest BCUT2D eigenvalue weighted by Crippen LogP contribution is -2.26. The topological polar surface area (TPSA) is 57.6 Å². The lowest BCUT2D eigenvalue weighted by molar-refractivity contribution is -0.173. The molecule has 1 aliphatic carbocycles. The molecule has 12 heavy (non-hydrogen) atoms. The number of carbonyl (C=O) groups excluding carboxylic acids is 2. The molecule has 0 aromatic heterocycles. The van der Waals surface area contributed by atoms with Crippen molar-refractivity contribution in [1.82, 2.24) is 5.06 Å². The van der Waals surface area contributed by atoms with Crippen LogP contribution in [0.25, 0.3) is 0 Å². The smallest absolute Gasteiger partial charge is 0.257 e. The van der Waals surface area contributed by atoms with Crippen LogP contribution in [0.1, 0.15) is 25.7 Å². The van der Waals surface area contributed by atoms with E-state index in [4.69, 9.17) is 5.21 Å². The Bertz CT molecular complexity index is 214. The first-order chi connectivity index (χ1) is 5.72. The van der Waals surface area contributed by atoms with Crippen LogP contribution in [0.4, 0.5) is 0 Å². The molecular weight excluding hydrogens is 158 g/mol. The van der Waals surface area contributed by atoms with E-state index >= 15 is 0 Å². The van der Waals surface area contributed by atoms with Crippen LogP contribution in [0, 0.1) is 11.8 Å². The van der Waals surface area contributed by atoms with Crippen LogP contribution in [0.5, 0.6) is 0 Å². The van der Waals surface area contributed by atoms with Crippen molar-refractivity contribution in [2.24, 2.45) is 11.8 Å². The highest BCUT2D eigenvalue weighted by Gasteiger charge is 2.47. The Morgan fingerprint density at radius 1 is 1.08 bits per heavy atom. The molecule has 0 radical (unpaired) electrons. The predicted molar refractivity (Wildman–Crippen MR) is 39.1 cm³/mol. The van der Waals surface area contributed by atoms with Gasteiger partial charge in [0, 0.05) is 0 Å². The molecule has 1 saturated heterocycles. The third-order valence-corrected chi connectivity index (χ3v) is 2.82. The fraction of sp³-hybridized carbons (Fsp3) is 0.750. The third kappa shape index (κ3) is 0.876. The van der Waals surface area contributed by atoms with Crippen LogP contribution in [-0.2, 0) is 9.59 Å². The molecule has 2 aliphatic rings. The van der Waals surface area contributed by atoms with Gasteiger partial charge in [-0.15, -0.1) is 0 Å². The van der Waals surface area contributed by atoms with Crippen LogP contribution in [-0.4, -0.2) is 22.1 Å². The van der Waals surface area contributed by atoms with Crippen molar-refractivity contribution in [3.8, 4) is 0 Å². The Morgan fingerprint density at radius 2 is 1.50 bits per heavy atom. The Labute approximate surface area is 70.1 Å². The average Bonchev–Trinajstić information content (AvgIpc) is 2.33. The second kappa shape index (κ2) is 2.55. The number of hydrogen-bond donors (Lipinski definition) is 1. The van der Waals surface area contributed by atoms with Crippen molar-refractivity contribution in [1.29, 1.82) is 0 Å². The molecule has 0 spiro atoms. The molecule has 0 bridgehead atoms. The fourth-order valence-corrected chi connectivity index (χ4v) is 2.14. The van der Waals surface area contributed by atoms with Gasteiger partial charge in [-0.2, -0.15) is 5.06 Å². The number of hydrogen-bond acceptors (Lipinski definition) is 3. The van der Waals surface area contributed by atoms with E-state index in [2.05, 4.69) is 0 Å². The maximum absolute atomic E-state index is 11.2. The van der Waals surface area contributed by atoms with E-state index in [0.29, 0.717) is 5.06 Å².